The van der Waals surface area contributed by atoms with Crippen molar-refractivity contribution in [1.82, 2.24) is 4.98 Å². The fourth-order valence-corrected chi connectivity index (χ4v) is 4.67. The molecule has 2 aromatic carbocycles. The number of hydrogen-bond acceptors (Lipinski definition) is 5. The molecule has 1 aliphatic rings. The third-order valence-electron chi connectivity index (χ3n) is 5.19. The number of aromatic nitrogens is 1. The van der Waals surface area contributed by atoms with E-state index in [-0.39, 0.29) is 11.9 Å². The van der Waals surface area contributed by atoms with E-state index in [0.717, 1.165) is 33.9 Å². The maximum atomic E-state index is 13.3. The highest BCUT2D eigenvalue weighted by Gasteiger charge is 2.25. The van der Waals surface area contributed by atoms with Gasteiger partial charge in [-0.15, -0.1) is 11.3 Å². The molecule has 4 rings (SSSR count). The second-order valence-electron chi connectivity index (χ2n) is 7.03. The molecule has 6 heteroatoms. The highest BCUT2D eigenvalue weighted by atomic mass is 32.1. The van der Waals surface area contributed by atoms with E-state index in [1.807, 2.05) is 24.3 Å². The minimum atomic E-state index is -0.273. The van der Waals surface area contributed by atoms with Crippen LogP contribution in [0.3, 0.4) is 0 Å². The van der Waals surface area contributed by atoms with Gasteiger partial charge in [-0.25, -0.2) is 15.3 Å². The number of nitrogens with zero attached hydrogens (tertiary/aromatic N) is 1. The van der Waals surface area contributed by atoms with Gasteiger partial charge in [-0.3, -0.25) is 4.84 Å². The topological polar surface area (TPSA) is 57.4 Å². The third kappa shape index (κ3) is 4.29. The fourth-order valence-electron chi connectivity index (χ4n) is 3.81. The Morgan fingerprint density at radius 3 is 2.63 bits per heavy atom. The Balaban J connectivity index is 1.40. The Morgan fingerprint density at radius 2 is 1.89 bits per heavy atom. The maximum Gasteiger partial charge on any atom is 0.140 e. The van der Waals surface area contributed by atoms with Crippen molar-refractivity contribution in [3.8, 4) is 5.75 Å². The van der Waals surface area contributed by atoms with E-state index < -0.39 is 0 Å². The van der Waals surface area contributed by atoms with Crippen molar-refractivity contribution in [3.05, 3.63) is 58.9 Å². The number of halogens is 1. The van der Waals surface area contributed by atoms with Gasteiger partial charge in [-0.2, -0.15) is 0 Å². The first-order valence-corrected chi connectivity index (χ1v) is 10.2. The van der Waals surface area contributed by atoms with Crippen LogP contribution in [-0.2, 0) is 11.4 Å². The fraction of sp³-hybridized carbons (Fsp3) is 0.381. The molecule has 1 unspecified atom stereocenters. The summed E-state index contributed by atoms with van der Waals surface area (Å²) in [6.07, 6.45) is 6.07. The highest BCUT2D eigenvalue weighted by Crippen LogP contribution is 2.36. The van der Waals surface area contributed by atoms with Crippen LogP contribution >= 0.6 is 11.3 Å². The van der Waals surface area contributed by atoms with Crippen LogP contribution < -0.4 is 10.6 Å². The first-order valence-electron chi connectivity index (χ1n) is 9.36. The lowest BCUT2D eigenvalue weighted by atomic mass is 9.83. The molecule has 0 saturated heterocycles. The molecule has 0 aliphatic heterocycles. The first-order chi connectivity index (χ1) is 13.2. The molecule has 142 valence electrons. The van der Waals surface area contributed by atoms with Crippen molar-refractivity contribution in [2.45, 2.75) is 44.8 Å². The van der Waals surface area contributed by atoms with Gasteiger partial charge in [0, 0.05) is 6.07 Å². The van der Waals surface area contributed by atoms with E-state index in [2.05, 4.69) is 4.98 Å². The Kier molecular flexibility index (Phi) is 5.66. The predicted octanol–water partition coefficient (Wildman–Crippen LogP) is 5.53. The second kappa shape index (κ2) is 8.33. The maximum absolute atomic E-state index is 13.3. The van der Waals surface area contributed by atoms with E-state index in [9.17, 15) is 4.39 Å². The summed E-state index contributed by atoms with van der Waals surface area (Å²) < 4.78 is 20.1. The van der Waals surface area contributed by atoms with Crippen LogP contribution in [0, 0.1) is 11.7 Å². The Morgan fingerprint density at radius 1 is 1.11 bits per heavy atom. The van der Waals surface area contributed by atoms with Gasteiger partial charge in [0.2, 0.25) is 0 Å². The summed E-state index contributed by atoms with van der Waals surface area (Å²) in [5.74, 6) is 6.57. The predicted molar refractivity (Wildman–Crippen MR) is 105 cm³/mol. The van der Waals surface area contributed by atoms with Crippen LogP contribution in [0.1, 0.15) is 48.8 Å². The van der Waals surface area contributed by atoms with E-state index >= 15 is 0 Å². The van der Waals surface area contributed by atoms with Crippen molar-refractivity contribution >= 4 is 21.6 Å². The number of hydrogen-bond donors (Lipinski definition) is 1. The molecule has 1 atom stereocenters. The molecule has 4 nitrogen and oxygen atoms in total. The summed E-state index contributed by atoms with van der Waals surface area (Å²) in [7, 11) is 0. The van der Waals surface area contributed by atoms with Crippen molar-refractivity contribution in [2.75, 3.05) is 0 Å². The van der Waals surface area contributed by atoms with Crippen molar-refractivity contribution in [1.29, 1.82) is 0 Å². The Hall–Kier alpha value is -2.02. The molecular formula is C21H23FN2O2S. The third-order valence-corrected chi connectivity index (χ3v) is 6.20. The molecule has 1 aliphatic carbocycles. The van der Waals surface area contributed by atoms with Gasteiger partial charge in [0.1, 0.15) is 29.3 Å². The molecule has 0 amide bonds. The van der Waals surface area contributed by atoms with Gasteiger partial charge in [-0.1, -0.05) is 31.4 Å². The van der Waals surface area contributed by atoms with Gasteiger partial charge >= 0.3 is 0 Å². The summed E-state index contributed by atoms with van der Waals surface area (Å²) >= 11 is 1.52. The first kappa shape index (κ1) is 18.3. The lowest BCUT2D eigenvalue weighted by Gasteiger charge is -2.28. The number of fused-ring (bicyclic) bond motifs is 1. The number of ether oxygens (including phenoxy) is 1. The van der Waals surface area contributed by atoms with E-state index in [1.165, 1.54) is 42.7 Å². The number of benzene rings is 2. The minimum absolute atomic E-state index is 0.0569. The average molecular weight is 386 g/mol. The SMILES string of the molecule is NOC(c1ccc(OCc2nc3cc(F)ccc3s2)cc1)C1CCCCC1. The molecule has 1 heterocycles. The lowest BCUT2D eigenvalue weighted by molar-refractivity contribution is -0.00278. The lowest BCUT2D eigenvalue weighted by Crippen LogP contribution is -2.21. The monoisotopic (exact) mass is 386 g/mol. The quantitative estimate of drug-likeness (QED) is 0.566. The largest absolute Gasteiger partial charge is 0.486 e. The standard InChI is InChI=1S/C21H23FN2O2S/c22-16-8-11-19-18(12-16)24-20(27-19)13-25-17-9-6-15(7-10-17)21(26-23)14-4-2-1-3-5-14/h6-12,14,21H,1-5,13,23H2. The molecular weight excluding hydrogens is 363 g/mol. The van der Waals surface area contributed by atoms with Crippen LogP contribution in [0.25, 0.3) is 10.2 Å². The van der Waals surface area contributed by atoms with Gasteiger partial charge < -0.3 is 4.74 Å². The molecule has 0 bridgehead atoms. The molecule has 1 fully saturated rings. The molecule has 27 heavy (non-hydrogen) atoms. The average Bonchev–Trinajstić information content (AvgIpc) is 3.11. The summed E-state index contributed by atoms with van der Waals surface area (Å²) in [5, 5.41) is 0.824. The van der Waals surface area contributed by atoms with Crippen LogP contribution in [0.4, 0.5) is 4.39 Å². The Labute approximate surface area is 162 Å². The molecule has 1 aromatic heterocycles. The number of thiazole rings is 1. The summed E-state index contributed by atoms with van der Waals surface area (Å²) in [6, 6.07) is 12.6. The zero-order valence-corrected chi connectivity index (χ0v) is 15.9. The molecule has 0 radical (unpaired) electrons. The van der Waals surface area contributed by atoms with E-state index in [4.69, 9.17) is 15.5 Å². The van der Waals surface area contributed by atoms with Crippen LogP contribution in [0.15, 0.2) is 42.5 Å². The molecule has 3 aromatic rings. The summed E-state index contributed by atoms with van der Waals surface area (Å²) in [5.41, 5.74) is 1.76. The van der Waals surface area contributed by atoms with Crippen molar-refractivity contribution < 1.29 is 14.0 Å². The van der Waals surface area contributed by atoms with Crippen LogP contribution in [-0.4, -0.2) is 4.98 Å². The zero-order valence-electron chi connectivity index (χ0n) is 15.1. The molecule has 0 spiro atoms. The van der Waals surface area contributed by atoms with Crippen LogP contribution in [0.2, 0.25) is 0 Å². The van der Waals surface area contributed by atoms with E-state index in [1.54, 1.807) is 6.07 Å². The highest BCUT2D eigenvalue weighted by molar-refractivity contribution is 7.18. The van der Waals surface area contributed by atoms with Gasteiger partial charge in [0.05, 0.1) is 10.2 Å². The number of nitrogens with two attached hydrogens (primary N) is 1. The molecule has 2 N–H and O–H groups in total. The second-order valence-corrected chi connectivity index (χ2v) is 8.15. The van der Waals surface area contributed by atoms with Crippen molar-refractivity contribution in [3.63, 3.8) is 0 Å². The summed E-state index contributed by atoms with van der Waals surface area (Å²) in [4.78, 5) is 9.73. The van der Waals surface area contributed by atoms with Gasteiger partial charge in [-0.05, 0) is 48.6 Å². The summed E-state index contributed by atoms with van der Waals surface area (Å²) in [6.45, 7) is 0.361. The molecule has 1 saturated carbocycles. The normalized spacial score (nSPS) is 16.5. The number of rotatable bonds is 6. The minimum Gasteiger partial charge on any atom is -0.486 e. The van der Waals surface area contributed by atoms with E-state index in [0.29, 0.717) is 18.0 Å². The van der Waals surface area contributed by atoms with Gasteiger partial charge in [0.15, 0.2) is 0 Å². The zero-order chi connectivity index (χ0) is 18.6. The smallest absolute Gasteiger partial charge is 0.140 e. The Bertz CT molecular complexity index is 891. The van der Waals surface area contributed by atoms with Crippen LogP contribution in [0.5, 0.6) is 5.75 Å². The van der Waals surface area contributed by atoms with Gasteiger partial charge in [0.25, 0.3) is 0 Å². The van der Waals surface area contributed by atoms with Crippen molar-refractivity contribution in [2.24, 2.45) is 11.8 Å².